The zero-order valence-electron chi connectivity index (χ0n) is 13.9. The lowest BCUT2D eigenvalue weighted by molar-refractivity contribution is -0.126. The summed E-state index contributed by atoms with van der Waals surface area (Å²) in [5.74, 6) is -0.0840. The van der Waals surface area contributed by atoms with Gasteiger partial charge in [0.2, 0.25) is 5.91 Å². The molecule has 0 radical (unpaired) electrons. The monoisotopic (exact) mass is 331 g/mol. The van der Waals surface area contributed by atoms with Crippen LogP contribution in [0.25, 0.3) is 0 Å². The number of aromatic nitrogens is 1. The summed E-state index contributed by atoms with van der Waals surface area (Å²) >= 11 is 0. The predicted octanol–water partition coefficient (Wildman–Crippen LogP) is 2.45. The highest BCUT2D eigenvalue weighted by Crippen LogP contribution is 2.24. The summed E-state index contributed by atoms with van der Waals surface area (Å²) in [4.78, 5) is 29.7. The first-order chi connectivity index (χ1) is 11.6. The van der Waals surface area contributed by atoms with Crippen molar-refractivity contribution < 1.29 is 14.7 Å². The summed E-state index contributed by atoms with van der Waals surface area (Å²) < 4.78 is 0. The van der Waals surface area contributed by atoms with Gasteiger partial charge < -0.3 is 15.3 Å². The Morgan fingerprint density at radius 1 is 1.08 bits per heavy atom. The Kier molecular flexibility index (Phi) is 5.33. The smallest absolute Gasteiger partial charge is 0.354 e. The van der Waals surface area contributed by atoms with Crippen LogP contribution in [0.4, 0.5) is 5.82 Å². The van der Waals surface area contributed by atoms with Gasteiger partial charge in [-0.25, -0.2) is 9.78 Å². The second-order valence-corrected chi connectivity index (χ2v) is 6.79. The summed E-state index contributed by atoms with van der Waals surface area (Å²) in [6.07, 6.45) is 7.51. The molecule has 1 aromatic heterocycles. The number of carboxylic acids is 1. The highest BCUT2D eigenvalue weighted by atomic mass is 16.4. The predicted molar refractivity (Wildman–Crippen MR) is 91.1 cm³/mol. The average molecular weight is 331 g/mol. The highest BCUT2D eigenvalue weighted by Gasteiger charge is 2.27. The van der Waals surface area contributed by atoms with Crippen molar-refractivity contribution in [2.45, 2.75) is 51.0 Å². The maximum absolute atomic E-state index is 12.4. The van der Waals surface area contributed by atoms with Crippen LogP contribution < -0.4 is 10.2 Å². The van der Waals surface area contributed by atoms with Crippen LogP contribution in [0.5, 0.6) is 0 Å². The second-order valence-electron chi connectivity index (χ2n) is 6.79. The molecule has 3 rings (SSSR count). The van der Waals surface area contributed by atoms with Crippen molar-refractivity contribution in [3.63, 3.8) is 0 Å². The fourth-order valence-electron chi connectivity index (χ4n) is 3.66. The molecule has 24 heavy (non-hydrogen) atoms. The molecule has 2 aliphatic rings. The van der Waals surface area contributed by atoms with E-state index in [0.29, 0.717) is 11.9 Å². The zero-order chi connectivity index (χ0) is 16.9. The Morgan fingerprint density at radius 2 is 1.79 bits per heavy atom. The first-order valence-corrected chi connectivity index (χ1v) is 8.89. The minimum absolute atomic E-state index is 0.0599. The third-order valence-corrected chi connectivity index (χ3v) is 5.09. The lowest BCUT2D eigenvalue weighted by atomic mass is 9.92. The molecule has 1 aliphatic heterocycles. The van der Waals surface area contributed by atoms with Gasteiger partial charge in [0.25, 0.3) is 0 Å². The Balaban J connectivity index is 1.52. The van der Waals surface area contributed by atoms with Gasteiger partial charge in [-0.3, -0.25) is 4.79 Å². The minimum Gasteiger partial charge on any atom is -0.477 e. The van der Waals surface area contributed by atoms with Gasteiger partial charge in [0.15, 0.2) is 5.69 Å². The molecule has 1 saturated heterocycles. The van der Waals surface area contributed by atoms with Gasteiger partial charge in [0, 0.05) is 25.0 Å². The fourth-order valence-corrected chi connectivity index (χ4v) is 3.66. The summed E-state index contributed by atoms with van der Waals surface area (Å²) in [7, 11) is 0. The largest absolute Gasteiger partial charge is 0.477 e. The summed E-state index contributed by atoms with van der Waals surface area (Å²) in [6.45, 7) is 1.47. The molecule has 0 spiro atoms. The molecule has 0 unspecified atom stereocenters. The van der Waals surface area contributed by atoms with Crippen LogP contribution in [0.2, 0.25) is 0 Å². The Labute approximate surface area is 142 Å². The summed E-state index contributed by atoms with van der Waals surface area (Å²) in [6, 6.07) is 5.40. The van der Waals surface area contributed by atoms with Crippen molar-refractivity contribution in [3.05, 3.63) is 23.9 Å². The summed E-state index contributed by atoms with van der Waals surface area (Å²) in [5.41, 5.74) is 0.0599. The van der Waals surface area contributed by atoms with E-state index in [2.05, 4.69) is 15.2 Å². The lowest BCUT2D eigenvalue weighted by Gasteiger charge is -2.33. The quantitative estimate of drug-likeness (QED) is 0.885. The number of anilines is 1. The van der Waals surface area contributed by atoms with E-state index in [1.54, 1.807) is 6.07 Å². The van der Waals surface area contributed by atoms with Gasteiger partial charge in [0.05, 0.1) is 0 Å². The molecule has 1 aromatic rings. The third-order valence-electron chi connectivity index (χ3n) is 5.09. The molecule has 1 amide bonds. The van der Waals surface area contributed by atoms with Gasteiger partial charge in [0.1, 0.15) is 5.82 Å². The van der Waals surface area contributed by atoms with Gasteiger partial charge in [-0.15, -0.1) is 0 Å². The fraction of sp³-hybridized carbons (Fsp3) is 0.611. The molecule has 1 saturated carbocycles. The van der Waals surface area contributed by atoms with Crippen molar-refractivity contribution in [1.82, 2.24) is 10.3 Å². The lowest BCUT2D eigenvalue weighted by Crippen LogP contribution is -2.44. The molecule has 0 bridgehead atoms. The number of carbonyl (C=O) groups is 2. The number of amides is 1. The molecule has 0 aromatic carbocycles. The van der Waals surface area contributed by atoms with Crippen LogP contribution in [-0.4, -0.2) is 41.1 Å². The van der Waals surface area contributed by atoms with E-state index in [-0.39, 0.29) is 17.5 Å². The van der Waals surface area contributed by atoms with Crippen molar-refractivity contribution in [2.24, 2.45) is 5.92 Å². The molecule has 0 atom stereocenters. The molecular formula is C18H25N3O3. The van der Waals surface area contributed by atoms with Crippen molar-refractivity contribution >= 4 is 17.7 Å². The molecule has 6 nitrogen and oxygen atoms in total. The maximum atomic E-state index is 12.4. The van der Waals surface area contributed by atoms with E-state index in [0.717, 1.165) is 38.8 Å². The molecule has 2 heterocycles. The molecule has 6 heteroatoms. The van der Waals surface area contributed by atoms with Crippen molar-refractivity contribution in [3.8, 4) is 0 Å². The van der Waals surface area contributed by atoms with Crippen LogP contribution in [-0.2, 0) is 4.79 Å². The second kappa shape index (κ2) is 7.64. The van der Waals surface area contributed by atoms with Gasteiger partial charge in [-0.2, -0.15) is 0 Å². The number of carbonyl (C=O) groups excluding carboxylic acids is 1. The number of carboxylic acid groups (broad SMARTS) is 1. The minimum atomic E-state index is -1.02. The van der Waals surface area contributed by atoms with Crippen molar-refractivity contribution in [2.75, 3.05) is 18.0 Å². The highest BCUT2D eigenvalue weighted by molar-refractivity contribution is 5.85. The Bertz CT molecular complexity index is 591. The SMILES string of the molecule is O=C(O)c1cccc(N2CCC(C(=O)NC3CCCCC3)CC2)n1. The third kappa shape index (κ3) is 4.04. The number of nitrogens with zero attached hydrogens (tertiary/aromatic N) is 2. The Hall–Kier alpha value is -2.11. The number of nitrogens with one attached hydrogen (secondary N) is 1. The number of rotatable bonds is 4. The van der Waals surface area contributed by atoms with E-state index in [9.17, 15) is 9.59 Å². The zero-order valence-corrected chi connectivity index (χ0v) is 13.9. The molecular weight excluding hydrogens is 306 g/mol. The van der Waals surface area contributed by atoms with Gasteiger partial charge >= 0.3 is 5.97 Å². The average Bonchev–Trinajstić information content (AvgIpc) is 2.63. The van der Waals surface area contributed by atoms with Crippen LogP contribution in [0.3, 0.4) is 0 Å². The van der Waals surface area contributed by atoms with E-state index < -0.39 is 5.97 Å². The molecule has 2 fully saturated rings. The van der Waals surface area contributed by atoms with Crippen LogP contribution in [0.15, 0.2) is 18.2 Å². The van der Waals surface area contributed by atoms with Crippen molar-refractivity contribution in [1.29, 1.82) is 0 Å². The van der Waals surface area contributed by atoms with Crippen LogP contribution in [0, 0.1) is 5.92 Å². The standard InChI is InChI=1S/C18H25N3O3/c22-17(19-14-5-2-1-3-6-14)13-9-11-21(12-10-13)16-8-4-7-15(20-16)18(23)24/h4,7-8,13-14H,1-3,5-6,9-12H2,(H,19,22)(H,23,24). The number of pyridine rings is 1. The van der Waals surface area contributed by atoms with E-state index in [1.165, 1.54) is 25.3 Å². The number of aromatic carboxylic acids is 1. The summed E-state index contributed by atoms with van der Waals surface area (Å²) in [5, 5.41) is 12.3. The molecule has 1 aliphatic carbocycles. The number of hydrogen-bond acceptors (Lipinski definition) is 4. The van der Waals surface area contributed by atoms with Crippen LogP contribution >= 0.6 is 0 Å². The maximum Gasteiger partial charge on any atom is 0.354 e. The topological polar surface area (TPSA) is 82.5 Å². The molecule has 2 N–H and O–H groups in total. The van der Waals surface area contributed by atoms with E-state index >= 15 is 0 Å². The van der Waals surface area contributed by atoms with Gasteiger partial charge in [-0.05, 0) is 37.8 Å². The van der Waals surface area contributed by atoms with E-state index in [4.69, 9.17) is 5.11 Å². The first-order valence-electron chi connectivity index (χ1n) is 8.89. The number of piperidine rings is 1. The van der Waals surface area contributed by atoms with E-state index in [1.807, 2.05) is 6.07 Å². The normalized spacial score (nSPS) is 19.9. The molecule has 130 valence electrons. The van der Waals surface area contributed by atoms with Crippen LogP contribution in [0.1, 0.15) is 55.4 Å². The van der Waals surface area contributed by atoms with Gasteiger partial charge in [-0.1, -0.05) is 25.3 Å². The Morgan fingerprint density at radius 3 is 2.46 bits per heavy atom. The first kappa shape index (κ1) is 16.7. The number of hydrogen-bond donors (Lipinski definition) is 2.